The van der Waals surface area contributed by atoms with Crippen molar-refractivity contribution in [3.8, 4) is 0 Å². The zero-order valence-corrected chi connectivity index (χ0v) is 13.0. The second-order valence-electron chi connectivity index (χ2n) is 4.35. The van der Waals surface area contributed by atoms with Crippen LogP contribution in [0.25, 0.3) is 0 Å². The summed E-state index contributed by atoms with van der Waals surface area (Å²) in [5, 5.41) is 0. The van der Waals surface area contributed by atoms with E-state index in [1.807, 2.05) is 48.6 Å². The molecule has 3 nitrogen and oxygen atoms in total. The van der Waals surface area contributed by atoms with E-state index >= 15 is 0 Å². The molecule has 0 N–H and O–H groups in total. The van der Waals surface area contributed by atoms with E-state index in [-0.39, 0.29) is 4.99 Å². The summed E-state index contributed by atoms with van der Waals surface area (Å²) in [6, 6.07) is 9.92. The summed E-state index contributed by atoms with van der Waals surface area (Å²) in [6.07, 6.45) is 7.03. The van der Waals surface area contributed by atoms with Crippen molar-refractivity contribution in [1.29, 1.82) is 0 Å². The minimum Gasteiger partial charge on any atom is -0.304 e. The molecule has 0 aliphatic carbocycles. The van der Waals surface area contributed by atoms with E-state index in [0.717, 1.165) is 17.7 Å². The van der Waals surface area contributed by atoms with Crippen LogP contribution in [0.1, 0.15) is 12.8 Å². The van der Waals surface area contributed by atoms with Gasteiger partial charge in [0.05, 0.1) is 13.2 Å². The molecule has 0 saturated carbocycles. The second kappa shape index (κ2) is 7.84. The number of thioether (sulfide) groups is 1. The highest BCUT2D eigenvalue weighted by Crippen LogP contribution is 2.60. The lowest BCUT2D eigenvalue weighted by atomic mass is 10.3. The fourth-order valence-electron chi connectivity index (χ4n) is 1.83. The van der Waals surface area contributed by atoms with Gasteiger partial charge in [-0.1, -0.05) is 36.4 Å². The Balaban J connectivity index is 2.13. The summed E-state index contributed by atoms with van der Waals surface area (Å²) < 4.78 is 24.0. The smallest absolute Gasteiger partial charge is 0.304 e. The average molecular weight is 310 g/mol. The normalized spacial score (nSPS) is 19.2. The van der Waals surface area contributed by atoms with Crippen LogP contribution in [0.15, 0.2) is 60.0 Å². The van der Waals surface area contributed by atoms with Crippen molar-refractivity contribution < 1.29 is 13.6 Å². The zero-order chi connectivity index (χ0) is 14.3. The molecule has 1 aliphatic rings. The van der Waals surface area contributed by atoms with Crippen LogP contribution in [0.4, 0.5) is 0 Å². The summed E-state index contributed by atoms with van der Waals surface area (Å²) in [5.74, 6) is 0. The van der Waals surface area contributed by atoms with Gasteiger partial charge in [-0.15, -0.1) is 18.3 Å². The van der Waals surface area contributed by atoms with Gasteiger partial charge in [0.1, 0.15) is 4.99 Å². The fraction of sp³-hybridized carbons (Fsp3) is 0.333. The van der Waals surface area contributed by atoms with Gasteiger partial charge in [-0.3, -0.25) is 4.57 Å². The lowest BCUT2D eigenvalue weighted by molar-refractivity contribution is 0.243. The van der Waals surface area contributed by atoms with Gasteiger partial charge in [-0.05, 0) is 25.0 Å². The Hall–Kier alpha value is -0.800. The number of hydrogen-bond donors (Lipinski definition) is 0. The Kier molecular flexibility index (Phi) is 6.11. The molecule has 0 spiro atoms. The van der Waals surface area contributed by atoms with Gasteiger partial charge in [-0.25, -0.2) is 0 Å². The van der Waals surface area contributed by atoms with Crippen molar-refractivity contribution in [2.45, 2.75) is 22.7 Å². The van der Waals surface area contributed by atoms with Crippen molar-refractivity contribution in [1.82, 2.24) is 0 Å². The highest BCUT2D eigenvalue weighted by Gasteiger charge is 2.36. The lowest BCUT2D eigenvalue weighted by Crippen LogP contribution is -2.09. The fourth-order valence-corrected chi connectivity index (χ4v) is 5.42. The predicted molar refractivity (Wildman–Crippen MR) is 84.2 cm³/mol. The number of allylic oxidation sites excluding steroid dienone is 1. The van der Waals surface area contributed by atoms with Crippen LogP contribution in [0.5, 0.6) is 0 Å². The monoisotopic (exact) mass is 310 g/mol. The van der Waals surface area contributed by atoms with E-state index in [4.69, 9.17) is 9.05 Å². The Bertz CT molecular complexity index is 487. The SMILES string of the molecule is C=CCCC(Sc1ccccc1)P1(=O)OCC=CCO1. The van der Waals surface area contributed by atoms with Gasteiger partial charge in [0.2, 0.25) is 0 Å². The first-order valence-electron chi connectivity index (χ1n) is 6.61. The van der Waals surface area contributed by atoms with Gasteiger partial charge in [0.25, 0.3) is 0 Å². The zero-order valence-electron chi connectivity index (χ0n) is 11.3. The topological polar surface area (TPSA) is 35.5 Å². The van der Waals surface area contributed by atoms with Crippen LogP contribution in [0, 0.1) is 0 Å². The van der Waals surface area contributed by atoms with Gasteiger partial charge in [0, 0.05) is 4.90 Å². The average Bonchev–Trinajstić information content (AvgIpc) is 2.70. The molecule has 2 rings (SSSR count). The molecule has 1 unspecified atom stereocenters. The van der Waals surface area contributed by atoms with Crippen LogP contribution < -0.4 is 0 Å². The molecule has 0 fully saturated rings. The van der Waals surface area contributed by atoms with Crippen LogP contribution in [-0.4, -0.2) is 18.2 Å². The van der Waals surface area contributed by atoms with Crippen molar-refractivity contribution in [3.63, 3.8) is 0 Å². The molecule has 0 amide bonds. The highest BCUT2D eigenvalue weighted by atomic mass is 32.2. The van der Waals surface area contributed by atoms with Crippen molar-refractivity contribution in [2.24, 2.45) is 0 Å². The molecular weight excluding hydrogens is 291 g/mol. The molecule has 20 heavy (non-hydrogen) atoms. The third-order valence-corrected chi connectivity index (χ3v) is 6.98. The number of hydrogen-bond acceptors (Lipinski definition) is 4. The Labute approximate surface area is 124 Å². The molecule has 108 valence electrons. The lowest BCUT2D eigenvalue weighted by Gasteiger charge is -2.24. The van der Waals surface area contributed by atoms with Crippen molar-refractivity contribution in [3.05, 3.63) is 55.1 Å². The minimum atomic E-state index is -3.11. The molecule has 1 aromatic carbocycles. The molecule has 0 radical (unpaired) electrons. The largest absolute Gasteiger partial charge is 0.344 e. The van der Waals surface area contributed by atoms with E-state index in [0.29, 0.717) is 13.2 Å². The van der Waals surface area contributed by atoms with Gasteiger partial charge < -0.3 is 9.05 Å². The summed E-state index contributed by atoms with van der Waals surface area (Å²) in [6.45, 7) is 4.42. The quantitative estimate of drug-likeness (QED) is 0.427. The maximum Gasteiger partial charge on any atom is 0.344 e. The number of benzene rings is 1. The minimum absolute atomic E-state index is 0.206. The highest BCUT2D eigenvalue weighted by molar-refractivity contribution is 8.05. The molecular formula is C15H19O3PS. The van der Waals surface area contributed by atoms with E-state index < -0.39 is 7.60 Å². The first-order valence-corrected chi connectivity index (χ1v) is 9.10. The third kappa shape index (κ3) is 4.35. The Morgan fingerprint density at radius 3 is 2.50 bits per heavy atom. The number of rotatable bonds is 6. The molecule has 0 aromatic heterocycles. The molecule has 1 heterocycles. The van der Waals surface area contributed by atoms with Gasteiger partial charge >= 0.3 is 7.60 Å². The molecule has 0 bridgehead atoms. The molecule has 1 aromatic rings. The molecule has 0 saturated heterocycles. The van der Waals surface area contributed by atoms with Gasteiger partial charge in [0.15, 0.2) is 0 Å². The van der Waals surface area contributed by atoms with Crippen LogP contribution >= 0.6 is 19.4 Å². The second-order valence-corrected chi connectivity index (χ2v) is 8.20. The van der Waals surface area contributed by atoms with Crippen LogP contribution in [0.2, 0.25) is 0 Å². The van der Waals surface area contributed by atoms with E-state index in [1.54, 1.807) is 11.8 Å². The van der Waals surface area contributed by atoms with Crippen molar-refractivity contribution >= 4 is 19.4 Å². The summed E-state index contributed by atoms with van der Waals surface area (Å²) in [4.78, 5) is 0.865. The third-order valence-electron chi connectivity index (χ3n) is 2.85. The Morgan fingerprint density at radius 1 is 1.25 bits per heavy atom. The van der Waals surface area contributed by atoms with E-state index in [9.17, 15) is 4.57 Å². The Morgan fingerprint density at radius 2 is 1.90 bits per heavy atom. The van der Waals surface area contributed by atoms with E-state index in [1.165, 1.54) is 0 Å². The van der Waals surface area contributed by atoms with Crippen LogP contribution in [-0.2, 0) is 13.6 Å². The van der Waals surface area contributed by atoms with Crippen molar-refractivity contribution in [2.75, 3.05) is 13.2 Å². The van der Waals surface area contributed by atoms with Crippen LogP contribution in [0.3, 0.4) is 0 Å². The first kappa shape index (κ1) is 15.6. The summed E-state index contributed by atoms with van der Waals surface area (Å²) >= 11 is 1.55. The molecule has 1 aliphatic heterocycles. The summed E-state index contributed by atoms with van der Waals surface area (Å²) in [5.41, 5.74) is 0. The summed E-state index contributed by atoms with van der Waals surface area (Å²) in [7, 11) is -3.11. The maximum absolute atomic E-state index is 12.9. The predicted octanol–water partition coefficient (Wildman–Crippen LogP) is 4.87. The standard InChI is InChI=1S/C15H19O3PS/c1-2-3-11-15(20-14-9-5-4-6-10-14)19(16)17-12-7-8-13-18-19/h2,4-10,15H,1,3,11-13H2. The molecule has 1 atom stereocenters. The molecule has 5 heteroatoms. The first-order chi connectivity index (χ1) is 9.74. The van der Waals surface area contributed by atoms with E-state index in [2.05, 4.69) is 6.58 Å². The van der Waals surface area contributed by atoms with Gasteiger partial charge in [-0.2, -0.15) is 0 Å². The maximum atomic E-state index is 12.9.